The van der Waals surface area contributed by atoms with Crippen LogP contribution in [0.2, 0.25) is 5.02 Å². The molecule has 0 spiro atoms. The molecule has 8 heteroatoms. The van der Waals surface area contributed by atoms with Crippen molar-refractivity contribution in [3.63, 3.8) is 0 Å². The Morgan fingerprint density at radius 2 is 1.93 bits per heavy atom. The fourth-order valence-electron chi connectivity index (χ4n) is 3.80. The van der Waals surface area contributed by atoms with Crippen LogP contribution in [0.25, 0.3) is 0 Å². The molecule has 0 atom stereocenters. The lowest BCUT2D eigenvalue weighted by molar-refractivity contribution is 0.0434. The van der Waals surface area contributed by atoms with Crippen LogP contribution in [0, 0.1) is 5.82 Å². The zero-order valence-electron chi connectivity index (χ0n) is 16.7. The van der Waals surface area contributed by atoms with Gasteiger partial charge in [0.1, 0.15) is 17.3 Å². The van der Waals surface area contributed by atoms with Gasteiger partial charge < -0.3 is 15.1 Å². The first kappa shape index (κ1) is 21.0. The number of carbonyl (C=O) groups excluding carboxylic acids is 1. The number of amides is 1. The van der Waals surface area contributed by atoms with Crippen molar-refractivity contribution in [3.05, 3.63) is 58.5 Å². The van der Waals surface area contributed by atoms with E-state index in [4.69, 9.17) is 11.6 Å². The molecule has 0 bridgehead atoms. The molecule has 160 valence electrons. The van der Waals surface area contributed by atoms with Crippen LogP contribution in [0.3, 0.4) is 0 Å². The smallest absolute Gasteiger partial charge is 0.253 e. The number of nitrogens with one attached hydrogen (secondary N) is 1. The highest BCUT2D eigenvalue weighted by Crippen LogP contribution is 2.27. The van der Waals surface area contributed by atoms with Gasteiger partial charge in [-0.05, 0) is 36.8 Å². The Balaban J connectivity index is 1.26. The summed E-state index contributed by atoms with van der Waals surface area (Å²) in [6.45, 7) is 3.42. The van der Waals surface area contributed by atoms with E-state index in [9.17, 15) is 9.18 Å². The number of hydrogen-bond donors (Lipinski definition) is 1. The van der Waals surface area contributed by atoms with Gasteiger partial charge in [0.05, 0.1) is 10.7 Å². The molecule has 1 aromatic heterocycles. The third kappa shape index (κ3) is 4.73. The van der Waals surface area contributed by atoms with Gasteiger partial charge in [-0.1, -0.05) is 17.7 Å². The summed E-state index contributed by atoms with van der Waals surface area (Å²) in [7, 11) is 0. The summed E-state index contributed by atoms with van der Waals surface area (Å²) < 4.78 is 28.5. The number of alkyl halides is 1. The third-order valence-corrected chi connectivity index (χ3v) is 6.12. The van der Waals surface area contributed by atoms with Crippen molar-refractivity contribution < 1.29 is 13.6 Å². The molecule has 0 saturated carbocycles. The lowest BCUT2D eigenvalue weighted by atomic mass is 9.92. The molecular weight excluding hydrogens is 410 g/mol. The van der Waals surface area contributed by atoms with Crippen molar-refractivity contribution in [2.45, 2.75) is 31.5 Å². The number of rotatable bonds is 6. The van der Waals surface area contributed by atoms with E-state index in [0.717, 1.165) is 24.6 Å². The number of benzene rings is 1. The molecule has 5 nitrogen and oxygen atoms in total. The highest BCUT2D eigenvalue weighted by Gasteiger charge is 2.36. The second-order valence-corrected chi connectivity index (χ2v) is 8.41. The van der Waals surface area contributed by atoms with Gasteiger partial charge in [0.15, 0.2) is 0 Å². The van der Waals surface area contributed by atoms with Crippen LogP contribution < -0.4 is 10.2 Å². The van der Waals surface area contributed by atoms with Crippen LogP contribution in [0.1, 0.15) is 35.3 Å². The Hall–Kier alpha value is -2.25. The molecule has 0 aliphatic carbocycles. The van der Waals surface area contributed by atoms with Crippen LogP contribution in [0.4, 0.5) is 14.6 Å². The van der Waals surface area contributed by atoms with Crippen LogP contribution in [0.15, 0.2) is 36.4 Å². The summed E-state index contributed by atoms with van der Waals surface area (Å²) in [5.74, 6) is 0.160. The van der Waals surface area contributed by atoms with Crippen molar-refractivity contribution in [2.75, 3.05) is 37.6 Å². The Kier molecular flexibility index (Phi) is 6.20. The molecular formula is C22H25ClF2N4O. The van der Waals surface area contributed by atoms with E-state index in [1.54, 1.807) is 4.90 Å². The second kappa shape index (κ2) is 8.86. The Labute approximate surface area is 180 Å². The monoisotopic (exact) mass is 434 g/mol. The first-order valence-corrected chi connectivity index (χ1v) is 10.7. The predicted molar refractivity (Wildman–Crippen MR) is 113 cm³/mol. The number of nitrogens with zero attached hydrogens (tertiary/aromatic N) is 3. The minimum Gasteiger partial charge on any atom is -0.356 e. The maximum Gasteiger partial charge on any atom is 0.253 e. The molecule has 0 unspecified atom stereocenters. The summed E-state index contributed by atoms with van der Waals surface area (Å²) in [5, 5.41) is 3.10. The van der Waals surface area contributed by atoms with Gasteiger partial charge in [0.2, 0.25) is 0 Å². The molecule has 2 saturated heterocycles. The highest BCUT2D eigenvalue weighted by atomic mass is 35.5. The van der Waals surface area contributed by atoms with Gasteiger partial charge in [-0.25, -0.2) is 13.8 Å². The van der Waals surface area contributed by atoms with Crippen LogP contribution in [-0.4, -0.2) is 54.2 Å². The van der Waals surface area contributed by atoms with Crippen molar-refractivity contribution in [3.8, 4) is 0 Å². The van der Waals surface area contributed by atoms with Crippen LogP contribution in [-0.2, 0) is 6.54 Å². The minimum absolute atomic E-state index is 0.0892. The highest BCUT2D eigenvalue weighted by molar-refractivity contribution is 6.31. The molecule has 3 heterocycles. The number of aromatic nitrogens is 1. The minimum atomic E-state index is -1.37. The fourth-order valence-corrected chi connectivity index (χ4v) is 3.98. The fraction of sp³-hybridized carbons (Fsp3) is 0.455. The number of carbonyl (C=O) groups is 1. The van der Waals surface area contributed by atoms with E-state index in [1.165, 1.54) is 24.6 Å². The third-order valence-electron chi connectivity index (χ3n) is 5.83. The Morgan fingerprint density at radius 1 is 1.17 bits per heavy atom. The zero-order valence-corrected chi connectivity index (χ0v) is 17.5. The van der Waals surface area contributed by atoms with Crippen molar-refractivity contribution in [1.82, 2.24) is 15.2 Å². The average Bonchev–Trinajstić information content (AvgIpc) is 2.69. The van der Waals surface area contributed by atoms with E-state index in [-0.39, 0.29) is 30.3 Å². The molecule has 4 rings (SSSR count). The van der Waals surface area contributed by atoms with Gasteiger partial charge in [0, 0.05) is 57.7 Å². The summed E-state index contributed by atoms with van der Waals surface area (Å²) >= 11 is 5.77. The topological polar surface area (TPSA) is 48.5 Å². The van der Waals surface area contributed by atoms with E-state index < -0.39 is 11.5 Å². The standard InChI is InChI=1S/C22H25ClF2N4O/c23-18-13-16(5-6-19(18)24)21(30)29-11-7-22(25,8-12-29)15-26-14-17-3-1-4-20(27-17)28-9-2-10-28/h1,3-6,13,26H,2,7-12,14-15H2. The number of halogens is 3. The quantitative estimate of drug-likeness (QED) is 0.751. The van der Waals surface area contributed by atoms with E-state index in [1.807, 2.05) is 18.2 Å². The number of piperidine rings is 1. The number of likely N-dealkylation sites (tertiary alicyclic amines) is 1. The molecule has 1 amide bonds. The van der Waals surface area contributed by atoms with E-state index in [2.05, 4.69) is 15.2 Å². The maximum absolute atomic E-state index is 15.2. The van der Waals surface area contributed by atoms with Crippen molar-refractivity contribution in [2.24, 2.45) is 0 Å². The molecule has 0 radical (unpaired) electrons. The molecule has 30 heavy (non-hydrogen) atoms. The molecule has 1 aromatic carbocycles. The Bertz CT molecular complexity index is 914. The van der Waals surface area contributed by atoms with Gasteiger partial charge in [-0.3, -0.25) is 4.79 Å². The van der Waals surface area contributed by atoms with Gasteiger partial charge in [-0.2, -0.15) is 0 Å². The average molecular weight is 435 g/mol. The van der Waals surface area contributed by atoms with Crippen LogP contribution >= 0.6 is 11.6 Å². The Morgan fingerprint density at radius 3 is 2.60 bits per heavy atom. The summed E-state index contributed by atoms with van der Waals surface area (Å²) in [5.41, 5.74) is -0.158. The molecule has 2 aliphatic rings. The lowest BCUT2D eigenvalue weighted by Crippen LogP contribution is -2.48. The summed E-state index contributed by atoms with van der Waals surface area (Å²) in [6.07, 6.45) is 1.70. The normalized spacial score (nSPS) is 18.2. The largest absolute Gasteiger partial charge is 0.356 e. The van der Waals surface area contributed by atoms with Gasteiger partial charge in [-0.15, -0.1) is 0 Å². The van der Waals surface area contributed by atoms with Crippen LogP contribution in [0.5, 0.6) is 0 Å². The summed E-state index contributed by atoms with van der Waals surface area (Å²) in [4.78, 5) is 21.0. The molecule has 1 N–H and O–H groups in total. The predicted octanol–water partition coefficient (Wildman–Crippen LogP) is 3.82. The first-order valence-electron chi connectivity index (χ1n) is 10.3. The van der Waals surface area contributed by atoms with Gasteiger partial charge >= 0.3 is 0 Å². The number of anilines is 1. The second-order valence-electron chi connectivity index (χ2n) is 8.00. The first-order chi connectivity index (χ1) is 14.4. The SMILES string of the molecule is O=C(c1ccc(F)c(Cl)c1)N1CCC(F)(CNCc2cccc(N3CCC3)n2)CC1. The van der Waals surface area contributed by atoms with Crippen molar-refractivity contribution in [1.29, 1.82) is 0 Å². The van der Waals surface area contributed by atoms with Crippen molar-refractivity contribution >= 4 is 23.3 Å². The van der Waals surface area contributed by atoms with E-state index >= 15 is 4.39 Å². The van der Waals surface area contributed by atoms with E-state index in [0.29, 0.717) is 25.2 Å². The summed E-state index contributed by atoms with van der Waals surface area (Å²) in [6, 6.07) is 9.82. The zero-order chi connectivity index (χ0) is 21.1. The maximum atomic E-state index is 15.2. The number of pyridine rings is 1. The lowest BCUT2D eigenvalue weighted by Gasteiger charge is -2.36. The molecule has 2 aromatic rings. The molecule has 2 fully saturated rings. The number of hydrogen-bond acceptors (Lipinski definition) is 4. The van der Waals surface area contributed by atoms with Gasteiger partial charge in [0.25, 0.3) is 5.91 Å². The molecule has 2 aliphatic heterocycles.